The van der Waals surface area contributed by atoms with Crippen LogP contribution in [0.15, 0.2) is 72.6 Å². The zero-order valence-electron chi connectivity index (χ0n) is 20.2. The lowest BCUT2D eigenvalue weighted by Crippen LogP contribution is -2.25. The second kappa shape index (κ2) is 18.0. The van der Waals surface area contributed by atoms with Gasteiger partial charge in [0.1, 0.15) is 5.82 Å². The molecule has 0 N–H and O–H groups in total. The summed E-state index contributed by atoms with van der Waals surface area (Å²) < 4.78 is 13.4. The number of hydrogen-bond acceptors (Lipinski definition) is 1. The Morgan fingerprint density at radius 1 is 1.10 bits per heavy atom. The van der Waals surface area contributed by atoms with E-state index in [1.807, 2.05) is 45.1 Å². The molecule has 0 aliphatic carbocycles. The third kappa shape index (κ3) is 10.9. The van der Waals surface area contributed by atoms with Crippen LogP contribution in [-0.4, -0.2) is 0 Å². The van der Waals surface area contributed by atoms with Gasteiger partial charge in [0.25, 0.3) is 0 Å². The van der Waals surface area contributed by atoms with Gasteiger partial charge in [0.15, 0.2) is 0 Å². The quantitative estimate of drug-likeness (QED) is 0.372. The average molecular weight is 402 g/mol. The van der Waals surface area contributed by atoms with Crippen molar-refractivity contribution in [3.63, 3.8) is 0 Å². The lowest BCUT2D eigenvalue weighted by molar-refractivity contribution is 0.587. The summed E-state index contributed by atoms with van der Waals surface area (Å²) in [4.78, 5) is 2.16. The first-order valence-corrected chi connectivity index (χ1v) is 11.1. The third-order valence-corrected chi connectivity index (χ3v) is 4.21. The van der Waals surface area contributed by atoms with Crippen LogP contribution in [0.4, 0.5) is 10.1 Å². The highest BCUT2D eigenvalue weighted by Crippen LogP contribution is 2.31. The van der Waals surface area contributed by atoms with Crippen LogP contribution in [0.5, 0.6) is 0 Å². The molecule has 1 atom stereocenters. The summed E-state index contributed by atoms with van der Waals surface area (Å²) in [5.74, 6) is 0.126. The largest absolute Gasteiger partial charge is 0.318 e. The van der Waals surface area contributed by atoms with Crippen molar-refractivity contribution in [2.75, 3.05) is 4.90 Å². The zero-order chi connectivity index (χ0) is 22.8. The Balaban J connectivity index is 0. The van der Waals surface area contributed by atoms with Crippen LogP contribution < -0.4 is 4.90 Å². The molecule has 0 spiro atoms. The molecule has 2 heteroatoms. The van der Waals surface area contributed by atoms with Gasteiger partial charge in [-0.2, -0.15) is 0 Å². The summed E-state index contributed by atoms with van der Waals surface area (Å²) in [6.45, 7) is 25.0. The standard InChI is InChI=1S/C22H30FN.C3H8.C2H6/c1-7-11-17(5)18(6)24(22-14-12-20(23)13-15-22)21(10-4)16-19(8-2)9-3;1-3-2;1-2/h8-9,12-17H,2,6-7,10-11H2,1,3-5H3;3H2,1-2H3;1-2H3/b19-9+,21-16+;;. The fourth-order valence-electron chi connectivity index (χ4n) is 2.70. The van der Waals surface area contributed by atoms with Gasteiger partial charge in [-0.25, -0.2) is 4.39 Å². The van der Waals surface area contributed by atoms with E-state index in [1.54, 1.807) is 0 Å². The van der Waals surface area contributed by atoms with E-state index >= 15 is 0 Å². The smallest absolute Gasteiger partial charge is 0.123 e. The Bertz CT molecular complexity index is 622. The SMILES string of the molecule is C=CC(=C\C)/C=C(\CC)N(C(=C)C(C)CCC)c1ccc(F)cc1.CC.CCC. The average Bonchev–Trinajstić information content (AvgIpc) is 2.74. The molecule has 1 aromatic rings. The Morgan fingerprint density at radius 3 is 2.00 bits per heavy atom. The first-order valence-electron chi connectivity index (χ1n) is 11.1. The van der Waals surface area contributed by atoms with E-state index in [4.69, 9.17) is 0 Å². The highest BCUT2D eigenvalue weighted by Gasteiger charge is 2.19. The maximum atomic E-state index is 13.4. The summed E-state index contributed by atoms with van der Waals surface area (Å²) in [6, 6.07) is 6.62. The molecule has 1 unspecified atom stereocenters. The molecule has 0 fully saturated rings. The van der Waals surface area contributed by atoms with Crippen molar-refractivity contribution in [3.8, 4) is 0 Å². The first kappa shape index (κ1) is 29.1. The summed E-state index contributed by atoms with van der Waals surface area (Å²) >= 11 is 0. The lowest BCUT2D eigenvalue weighted by atomic mass is 10.00. The Hall–Kier alpha value is -2.09. The number of rotatable bonds is 9. The summed E-state index contributed by atoms with van der Waals surface area (Å²) in [5, 5.41) is 0. The molecule has 0 aromatic heterocycles. The van der Waals surface area contributed by atoms with Crippen LogP contribution in [0.1, 0.15) is 81.1 Å². The van der Waals surface area contributed by atoms with Crippen molar-refractivity contribution in [2.24, 2.45) is 5.92 Å². The molecule has 0 aliphatic heterocycles. The van der Waals surface area contributed by atoms with Gasteiger partial charge >= 0.3 is 0 Å². The van der Waals surface area contributed by atoms with Crippen LogP contribution in [0, 0.1) is 11.7 Å². The number of benzene rings is 1. The van der Waals surface area contributed by atoms with Crippen molar-refractivity contribution in [1.82, 2.24) is 0 Å². The first-order chi connectivity index (χ1) is 13.9. The van der Waals surface area contributed by atoms with Gasteiger partial charge in [-0.15, -0.1) is 0 Å². The van der Waals surface area contributed by atoms with Crippen LogP contribution in [0.25, 0.3) is 0 Å². The number of hydrogen-bond donors (Lipinski definition) is 0. The minimum absolute atomic E-state index is 0.229. The molecular formula is C27H44FN. The fraction of sp³-hybridized carbons (Fsp3) is 0.481. The van der Waals surface area contributed by atoms with Crippen LogP contribution >= 0.6 is 0 Å². The van der Waals surface area contributed by atoms with E-state index in [1.165, 1.54) is 18.6 Å². The van der Waals surface area contributed by atoms with E-state index in [0.29, 0.717) is 5.92 Å². The van der Waals surface area contributed by atoms with Gasteiger partial charge < -0.3 is 4.90 Å². The van der Waals surface area contributed by atoms with Gasteiger partial charge in [0, 0.05) is 17.1 Å². The number of anilines is 1. The van der Waals surface area contributed by atoms with Gasteiger partial charge in [-0.3, -0.25) is 0 Å². The molecule has 0 radical (unpaired) electrons. The van der Waals surface area contributed by atoms with Crippen molar-refractivity contribution < 1.29 is 4.39 Å². The monoisotopic (exact) mass is 401 g/mol. The molecule has 0 aliphatic rings. The summed E-state index contributed by atoms with van der Waals surface area (Å²) in [5.41, 5.74) is 4.17. The molecule has 1 rings (SSSR count). The Labute approximate surface area is 180 Å². The van der Waals surface area contributed by atoms with E-state index in [2.05, 4.69) is 58.8 Å². The van der Waals surface area contributed by atoms with E-state index in [-0.39, 0.29) is 5.82 Å². The molecule has 0 saturated carbocycles. The molecule has 164 valence electrons. The van der Waals surface area contributed by atoms with Crippen molar-refractivity contribution in [2.45, 2.75) is 81.1 Å². The van der Waals surface area contributed by atoms with Crippen LogP contribution in [0.2, 0.25) is 0 Å². The van der Waals surface area contributed by atoms with Gasteiger partial charge in [0.05, 0.1) is 0 Å². The lowest BCUT2D eigenvalue weighted by Gasteiger charge is -2.32. The van der Waals surface area contributed by atoms with E-state index in [0.717, 1.165) is 41.9 Å². The number of nitrogens with zero attached hydrogens (tertiary/aromatic N) is 1. The molecule has 1 nitrogen and oxygen atoms in total. The fourth-order valence-corrected chi connectivity index (χ4v) is 2.70. The number of allylic oxidation sites excluding steroid dienone is 6. The maximum absolute atomic E-state index is 13.4. The predicted octanol–water partition coefficient (Wildman–Crippen LogP) is 9.45. The summed E-state index contributed by atoms with van der Waals surface area (Å²) in [6.07, 6.45) is 10.3. The molecule has 0 amide bonds. The highest BCUT2D eigenvalue weighted by atomic mass is 19.1. The minimum Gasteiger partial charge on any atom is -0.318 e. The molecule has 0 saturated heterocycles. The molecule has 0 bridgehead atoms. The molecular weight excluding hydrogens is 357 g/mol. The van der Waals surface area contributed by atoms with Crippen LogP contribution in [0.3, 0.4) is 0 Å². The molecule has 1 aromatic carbocycles. The van der Waals surface area contributed by atoms with E-state index in [9.17, 15) is 4.39 Å². The second-order valence-electron chi connectivity index (χ2n) is 6.68. The van der Waals surface area contributed by atoms with Crippen LogP contribution in [-0.2, 0) is 0 Å². The Morgan fingerprint density at radius 2 is 1.62 bits per heavy atom. The maximum Gasteiger partial charge on any atom is 0.123 e. The molecule has 29 heavy (non-hydrogen) atoms. The normalized spacial score (nSPS) is 12.0. The topological polar surface area (TPSA) is 3.24 Å². The van der Waals surface area contributed by atoms with Crippen molar-refractivity contribution >= 4 is 5.69 Å². The van der Waals surface area contributed by atoms with Crippen molar-refractivity contribution in [3.05, 3.63) is 78.4 Å². The second-order valence-corrected chi connectivity index (χ2v) is 6.68. The zero-order valence-corrected chi connectivity index (χ0v) is 20.2. The summed E-state index contributed by atoms with van der Waals surface area (Å²) in [7, 11) is 0. The third-order valence-electron chi connectivity index (χ3n) is 4.21. The molecule has 0 heterocycles. The minimum atomic E-state index is -0.229. The highest BCUT2D eigenvalue weighted by molar-refractivity contribution is 5.59. The van der Waals surface area contributed by atoms with Gasteiger partial charge in [-0.05, 0) is 61.6 Å². The number of halogens is 1. The predicted molar refractivity (Wildman–Crippen MR) is 132 cm³/mol. The Kier molecular flexibility index (Phi) is 18.0. The van der Waals surface area contributed by atoms with Gasteiger partial charge in [-0.1, -0.05) is 86.6 Å². The van der Waals surface area contributed by atoms with E-state index < -0.39 is 0 Å². The van der Waals surface area contributed by atoms with Gasteiger partial charge in [0.2, 0.25) is 0 Å². The van der Waals surface area contributed by atoms with Crippen molar-refractivity contribution in [1.29, 1.82) is 0 Å².